The number of hydrogen-bond acceptors (Lipinski definition) is 16. The number of aromatic amines is 1. The molecule has 302 valence electrons. The highest BCUT2D eigenvalue weighted by Gasteiger charge is 2.66. The smallest absolute Gasteiger partial charge is 0.352 e. The third-order valence-electron chi connectivity index (χ3n) is 8.65. The number of esters is 2. The average molecular weight is 832 g/mol. The number of thioether (sulfide) groups is 2. The average Bonchev–Trinajstić information content (AvgIpc) is 3.16. The molecule has 23 nitrogen and oxygen atoms in total. The number of carboxylic acids is 1. The van der Waals surface area contributed by atoms with E-state index in [1.807, 2.05) is 5.10 Å². The van der Waals surface area contributed by atoms with Gasteiger partial charge < -0.3 is 35.4 Å². The van der Waals surface area contributed by atoms with Crippen molar-refractivity contribution in [2.75, 3.05) is 31.1 Å². The Morgan fingerprint density at radius 3 is 2.39 bits per heavy atom. The van der Waals surface area contributed by atoms with Gasteiger partial charge in [-0.1, -0.05) is 17.8 Å². The lowest BCUT2D eigenvalue weighted by Gasteiger charge is -2.56. The Morgan fingerprint density at radius 2 is 1.75 bits per heavy atom. The molecule has 0 spiro atoms. The molecule has 0 aliphatic carbocycles. The van der Waals surface area contributed by atoms with Gasteiger partial charge in [-0.2, -0.15) is 0 Å². The van der Waals surface area contributed by atoms with Crippen LogP contribution in [0.25, 0.3) is 0 Å². The predicted octanol–water partition coefficient (Wildman–Crippen LogP) is -2.63. The van der Waals surface area contributed by atoms with Gasteiger partial charge in [0.25, 0.3) is 5.91 Å². The third-order valence-corrected chi connectivity index (χ3v) is 11.2. The number of piperazine rings is 1. The number of urea groups is 1. The van der Waals surface area contributed by atoms with E-state index in [0.717, 1.165) is 59.0 Å². The number of likely N-dealkylation sites (N-methyl/N-ethyl adjacent to an activating group) is 1. The summed E-state index contributed by atoms with van der Waals surface area (Å²) >= 11 is 1.84. The lowest BCUT2D eigenvalue weighted by atomic mass is 9.94. The van der Waals surface area contributed by atoms with Gasteiger partial charge in [-0.15, -0.1) is 16.9 Å². The van der Waals surface area contributed by atoms with E-state index in [9.17, 15) is 57.8 Å². The first-order valence-electron chi connectivity index (χ1n) is 16.6. The number of carboxylic acid groups (broad SMARTS) is 1. The molecule has 57 heavy (non-hydrogen) atoms. The van der Waals surface area contributed by atoms with Crippen molar-refractivity contribution in [2.24, 2.45) is 7.05 Å². The molecule has 4 heterocycles. The maximum Gasteiger partial charge on any atom is 0.352 e. The molecule has 3 aliphatic rings. The summed E-state index contributed by atoms with van der Waals surface area (Å²) in [5, 5.41) is 21.8. The number of aliphatic carboxylic acids is 1. The fourth-order valence-corrected chi connectivity index (χ4v) is 8.45. The summed E-state index contributed by atoms with van der Waals surface area (Å²) in [5.41, 5.74) is -4.67. The molecule has 5 N–H and O–H groups in total. The molecule has 2 saturated heterocycles. The van der Waals surface area contributed by atoms with Crippen molar-refractivity contribution in [3.63, 3.8) is 0 Å². The summed E-state index contributed by atoms with van der Waals surface area (Å²) in [6.45, 7) is 3.63. The molecule has 7 amide bonds. The number of nitrogens with one attached hydrogen (secondary N) is 4. The number of β-lactam (4-membered cyclic amide) rings is 1. The van der Waals surface area contributed by atoms with Crippen molar-refractivity contribution in [3.8, 4) is 11.5 Å². The minimum atomic E-state index is -2.31. The molecule has 5 rings (SSSR count). The van der Waals surface area contributed by atoms with Gasteiger partial charge in [-0.05, 0) is 30.2 Å². The summed E-state index contributed by atoms with van der Waals surface area (Å²) in [6.07, 6.45) is 0.0890. The standard InChI is InChI=1S/C32H33N9O14S2/c1-5-39-8-9-40(26(49)25(39)48)30(53)34-20(16-6-7-18(54-14(2)43)19(10-16)55-15(3)44)22(45)35-32(33-13-42)28(52)41-21(27(50)51)17(11-56-29(32)41)12-57-31-37-36-23(46)24(47)38(31)4/h6-7,10,13,20,29H,5,8-9,11-12H2,1-4H3,(H,33,42)(H,34,53)(H,35,45)(H,36,46)(H,50,51)/t20?,29-,32+/m0/s1. The zero-order valence-corrected chi connectivity index (χ0v) is 31.9. The molecule has 3 aliphatic heterocycles. The number of hydrogen-bond donors (Lipinski definition) is 5. The highest BCUT2D eigenvalue weighted by Crippen LogP contribution is 2.46. The number of nitrogens with zero attached hydrogens (tertiary/aromatic N) is 5. The Balaban J connectivity index is 1.49. The van der Waals surface area contributed by atoms with Crippen molar-refractivity contribution in [3.05, 3.63) is 55.7 Å². The topological polar surface area (TPSA) is 306 Å². The summed E-state index contributed by atoms with van der Waals surface area (Å²) in [5.74, 6) is -8.55. The third kappa shape index (κ3) is 8.09. The largest absolute Gasteiger partial charge is 0.477 e. The molecule has 1 unspecified atom stereocenters. The van der Waals surface area contributed by atoms with Crippen molar-refractivity contribution >= 4 is 77.5 Å². The van der Waals surface area contributed by atoms with Crippen LogP contribution in [0.1, 0.15) is 32.4 Å². The number of aromatic nitrogens is 3. The number of H-pyrrole nitrogens is 1. The second kappa shape index (κ2) is 16.7. The first-order chi connectivity index (χ1) is 26.9. The van der Waals surface area contributed by atoms with Crippen LogP contribution in [0.5, 0.6) is 11.5 Å². The number of carbonyl (C=O) groups is 9. The van der Waals surface area contributed by atoms with Gasteiger partial charge in [-0.3, -0.25) is 57.5 Å². The van der Waals surface area contributed by atoms with E-state index in [1.54, 1.807) is 6.92 Å². The minimum absolute atomic E-state index is 0.0198. The Labute approximate surface area is 328 Å². The number of fused-ring (bicyclic) bond motifs is 1. The molecule has 0 radical (unpaired) electrons. The van der Waals surface area contributed by atoms with Crippen LogP contribution < -0.4 is 36.5 Å². The summed E-state index contributed by atoms with van der Waals surface area (Å²) in [7, 11) is 1.29. The van der Waals surface area contributed by atoms with Gasteiger partial charge >= 0.3 is 46.9 Å². The van der Waals surface area contributed by atoms with Gasteiger partial charge in [0, 0.05) is 52.0 Å². The van der Waals surface area contributed by atoms with E-state index in [2.05, 4.69) is 21.0 Å². The molecule has 3 atom stereocenters. The lowest BCUT2D eigenvalue weighted by molar-refractivity contribution is -0.163. The minimum Gasteiger partial charge on any atom is -0.477 e. The molecule has 25 heteroatoms. The Kier molecular flexibility index (Phi) is 12.2. The zero-order valence-electron chi connectivity index (χ0n) is 30.3. The Morgan fingerprint density at radius 1 is 1.07 bits per heavy atom. The Hall–Kier alpha value is -6.50. The van der Waals surface area contributed by atoms with Crippen molar-refractivity contribution < 1.29 is 57.7 Å². The molecule has 1 aromatic carbocycles. The van der Waals surface area contributed by atoms with Crippen LogP contribution in [0.3, 0.4) is 0 Å². The zero-order chi connectivity index (χ0) is 41.9. The van der Waals surface area contributed by atoms with Gasteiger partial charge in [0.2, 0.25) is 18.0 Å². The summed E-state index contributed by atoms with van der Waals surface area (Å²) in [4.78, 5) is 142. The molecule has 2 fully saturated rings. The first kappa shape index (κ1) is 41.7. The normalized spacial score (nSPS) is 19.5. The maximum absolute atomic E-state index is 14.3. The van der Waals surface area contributed by atoms with Crippen molar-refractivity contribution in [1.82, 2.24) is 45.4 Å². The summed E-state index contributed by atoms with van der Waals surface area (Å²) in [6, 6.07) is 0.264. The van der Waals surface area contributed by atoms with Gasteiger partial charge in [0.05, 0.1) is 0 Å². The fourth-order valence-electron chi connectivity index (χ4n) is 5.97. The highest BCUT2D eigenvalue weighted by molar-refractivity contribution is 8.01. The molecule has 1 aromatic heterocycles. The molecular weight excluding hydrogens is 799 g/mol. The second-order valence-electron chi connectivity index (χ2n) is 12.3. The van der Waals surface area contributed by atoms with Crippen LogP contribution >= 0.6 is 23.5 Å². The number of benzene rings is 1. The number of rotatable bonds is 13. The van der Waals surface area contributed by atoms with Crippen LogP contribution in [0.15, 0.2) is 44.2 Å². The van der Waals surface area contributed by atoms with Crippen LogP contribution in [0.4, 0.5) is 4.79 Å². The monoisotopic (exact) mass is 831 g/mol. The van der Waals surface area contributed by atoms with E-state index >= 15 is 0 Å². The molecular formula is C32H33N9O14S2. The fraction of sp³-hybridized carbons (Fsp3) is 0.375. The quantitative estimate of drug-likeness (QED) is 0.0262. The molecule has 2 aromatic rings. The number of imide groups is 1. The van der Waals surface area contributed by atoms with E-state index in [-0.39, 0.29) is 65.3 Å². The van der Waals surface area contributed by atoms with Crippen LogP contribution in [-0.2, 0) is 45.4 Å². The van der Waals surface area contributed by atoms with E-state index in [0.29, 0.717) is 4.90 Å². The van der Waals surface area contributed by atoms with E-state index < -0.39 is 81.5 Å². The van der Waals surface area contributed by atoms with Crippen LogP contribution in [-0.4, -0.2) is 131 Å². The first-order valence-corrected chi connectivity index (χ1v) is 18.6. The van der Waals surface area contributed by atoms with Crippen molar-refractivity contribution in [2.45, 2.75) is 43.0 Å². The highest BCUT2D eigenvalue weighted by atomic mass is 32.2. The second-order valence-corrected chi connectivity index (χ2v) is 14.3. The number of ether oxygens (including phenoxy) is 2. The SMILES string of the molecule is CCN1CCN(C(=O)NC(C(=O)N[C@]2(NC=O)C(=O)N3C(C(=O)O)=C(CSc4n[nH]c(=O)c(=O)n4C)CS[C@H]32)c2ccc(OC(C)=O)c(OC(C)=O)c2)C(=O)C1=O. The van der Waals surface area contributed by atoms with Gasteiger partial charge in [-0.25, -0.2) is 14.7 Å². The van der Waals surface area contributed by atoms with E-state index in [1.165, 1.54) is 18.0 Å². The van der Waals surface area contributed by atoms with Crippen molar-refractivity contribution in [1.29, 1.82) is 0 Å². The molecule has 0 saturated carbocycles. The van der Waals surface area contributed by atoms with Gasteiger partial charge in [0.1, 0.15) is 17.1 Å². The predicted molar refractivity (Wildman–Crippen MR) is 193 cm³/mol. The van der Waals surface area contributed by atoms with Crippen LogP contribution in [0, 0.1) is 0 Å². The maximum atomic E-state index is 14.3. The number of amides is 7. The summed E-state index contributed by atoms with van der Waals surface area (Å²) < 4.78 is 11.2. The molecule has 0 bridgehead atoms. The number of carbonyl (C=O) groups excluding carboxylic acids is 8. The van der Waals surface area contributed by atoms with Crippen LogP contribution in [0.2, 0.25) is 0 Å². The van der Waals surface area contributed by atoms with E-state index in [4.69, 9.17) is 9.47 Å². The Bertz CT molecular complexity index is 2260. The van der Waals surface area contributed by atoms with Gasteiger partial charge in [0.15, 0.2) is 16.7 Å². The lowest BCUT2D eigenvalue weighted by Crippen LogP contribution is -2.85.